The molecule has 1 heterocycles. The van der Waals surface area contributed by atoms with Crippen molar-refractivity contribution in [1.82, 2.24) is 15.1 Å². The maximum absolute atomic E-state index is 12.7. The first-order chi connectivity index (χ1) is 9.32. The van der Waals surface area contributed by atoms with E-state index in [1.807, 2.05) is 0 Å². The summed E-state index contributed by atoms with van der Waals surface area (Å²) in [4.78, 5) is 11.5. The third kappa shape index (κ3) is 2.66. The molecule has 1 aromatic carbocycles. The third-order valence-corrected chi connectivity index (χ3v) is 2.82. The highest BCUT2D eigenvalue weighted by molar-refractivity contribution is 5.95. The Hall–Kier alpha value is -2.31. The van der Waals surface area contributed by atoms with E-state index in [1.54, 1.807) is 18.2 Å². The van der Waals surface area contributed by atoms with Crippen LogP contribution in [0.3, 0.4) is 0 Å². The molecular weight excluding hydrogens is 271 g/mol. The summed E-state index contributed by atoms with van der Waals surface area (Å²) in [7, 11) is 2.71. The molecule has 0 aliphatic rings. The Bertz CT molecular complexity index is 647. The molecule has 20 heavy (non-hydrogen) atoms. The van der Waals surface area contributed by atoms with E-state index in [-0.39, 0.29) is 11.6 Å². The van der Waals surface area contributed by atoms with E-state index in [0.29, 0.717) is 11.1 Å². The Labute approximate surface area is 113 Å². The first-order valence-corrected chi connectivity index (χ1v) is 5.76. The number of carbonyl (C=O) groups is 1. The highest BCUT2D eigenvalue weighted by atomic mass is 19.4. The van der Waals surface area contributed by atoms with Crippen LogP contribution >= 0.6 is 0 Å². The minimum atomic E-state index is -4.46. The molecule has 0 atom stereocenters. The van der Waals surface area contributed by atoms with Crippen molar-refractivity contribution < 1.29 is 18.0 Å². The fourth-order valence-corrected chi connectivity index (χ4v) is 1.84. The van der Waals surface area contributed by atoms with Crippen molar-refractivity contribution in [3.8, 4) is 11.3 Å². The third-order valence-electron chi connectivity index (χ3n) is 2.82. The first-order valence-electron chi connectivity index (χ1n) is 5.76. The number of halogens is 3. The number of carbonyl (C=O) groups excluding carboxylic acids is 1. The zero-order valence-electron chi connectivity index (χ0n) is 10.8. The van der Waals surface area contributed by atoms with Gasteiger partial charge in [-0.3, -0.25) is 9.48 Å². The van der Waals surface area contributed by atoms with Gasteiger partial charge in [0.2, 0.25) is 0 Å². The summed E-state index contributed by atoms with van der Waals surface area (Å²) in [5.74, 6) is -0.307. The summed E-state index contributed by atoms with van der Waals surface area (Å²) in [6, 6.07) is 7.25. The van der Waals surface area contributed by atoms with E-state index < -0.39 is 11.9 Å². The van der Waals surface area contributed by atoms with Gasteiger partial charge in [-0.1, -0.05) is 12.1 Å². The fraction of sp³-hybridized carbons (Fsp3) is 0.231. The van der Waals surface area contributed by atoms with Gasteiger partial charge in [0, 0.05) is 25.2 Å². The summed E-state index contributed by atoms with van der Waals surface area (Å²) in [5.41, 5.74) is 0.157. The second kappa shape index (κ2) is 4.99. The molecule has 0 fully saturated rings. The molecule has 4 nitrogen and oxygen atoms in total. The second-order valence-electron chi connectivity index (χ2n) is 4.20. The lowest BCUT2D eigenvalue weighted by atomic mass is 10.1. The number of rotatable bonds is 2. The molecule has 7 heteroatoms. The van der Waals surface area contributed by atoms with E-state index in [1.165, 1.54) is 20.2 Å². The number of nitrogens with one attached hydrogen (secondary N) is 1. The number of benzene rings is 1. The Morgan fingerprint density at radius 3 is 2.55 bits per heavy atom. The van der Waals surface area contributed by atoms with Crippen LogP contribution in [0.1, 0.15) is 16.1 Å². The van der Waals surface area contributed by atoms with Crippen LogP contribution in [0, 0.1) is 0 Å². The number of hydrogen-bond donors (Lipinski definition) is 1. The van der Waals surface area contributed by atoms with Crippen LogP contribution in [0.2, 0.25) is 0 Å². The number of hydrogen-bond acceptors (Lipinski definition) is 2. The van der Waals surface area contributed by atoms with Gasteiger partial charge >= 0.3 is 6.18 Å². The van der Waals surface area contributed by atoms with Crippen LogP contribution in [-0.2, 0) is 13.2 Å². The average Bonchev–Trinajstić information content (AvgIpc) is 2.80. The van der Waals surface area contributed by atoms with Gasteiger partial charge in [0.05, 0.1) is 5.69 Å². The molecule has 2 aromatic rings. The Balaban J connectivity index is 2.45. The molecule has 2 rings (SSSR count). The van der Waals surface area contributed by atoms with Gasteiger partial charge < -0.3 is 5.32 Å². The van der Waals surface area contributed by atoms with Gasteiger partial charge in [0.25, 0.3) is 5.91 Å². The molecule has 0 radical (unpaired) electrons. The lowest BCUT2D eigenvalue weighted by molar-refractivity contribution is -0.143. The van der Waals surface area contributed by atoms with Gasteiger partial charge in [-0.25, -0.2) is 0 Å². The van der Waals surface area contributed by atoms with E-state index in [4.69, 9.17) is 0 Å². The van der Waals surface area contributed by atoms with Crippen LogP contribution < -0.4 is 5.32 Å². The van der Waals surface area contributed by atoms with Crippen molar-refractivity contribution in [2.24, 2.45) is 7.05 Å². The molecule has 1 amide bonds. The molecule has 0 aliphatic heterocycles. The van der Waals surface area contributed by atoms with E-state index in [2.05, 4.69) is 10.4 Å². The van der Waals surface area contributed by atoms with Crippen molar-refractivity contribution in [3.05, 3.63) is 41.6 Å². The van der Waals surface area contributed by atoms with Crippen molar-refractivity contribution in [2.75, 3.05) is 7.05 Å². The van der Waals surface area contributed by atoms with E-state index in [0.717, 1.165) is 10.7 Å². The maximum Gasteiger partial charge on any atom is 0.433 e. The Morgan fingerprint density at radius 2 is 2.00 bits per heavy atom. The molecule has 0 saturated carbocycles. The molecule has 0 bridgehead atoms. The van der Waals surface area contributed by atoms with Crippen molar-refractivity contribution in [2.45, 2.75) is 6.18 Å². The SMILES string of the molecule is CNC(=O)c1cccc(-c2cc(C(F)(F)F)n(C)n2)c1. The summed E-state index contributed by atoms with van der Waals surface area (Å²) >= 11 is 0. The molecule has 0 unspecified atom stereocenters. The topological polar surface area (TPSA) is 46.9 Å². The second-order valence-corrected chi connectivity index (χ2v) is 4.20. The molecule has 1 N–H and O–H groups in total. The number of aromatic nitrogens is 2. The van der Waals surface area contributed by atoms with Crippen LogP contribution in [0.15, 0.2) is 30.3 Å². The minimum absolute atomic E-state index is 0.172. The fourth-order valence-electron chi connectivity index (χ4n) is 1.84. The van der Waals surface area contributed by atoms with Gasteiger partial charge in [0.15, 0.2) is 0 Å². The van der Waals surface area contributed by atoms with Crippen molar-refractivity contribution >= 4 is 5.91 Å². The van der Waals surface area contributed by atoms with Crippen LogP contribution in [0.25, 0.3) is 11.3 Å². The standard InChI is InChI=1S/C13H12F3N3O/c1-17-12(20)9-5-3-4-8(6-9)10-7-11(13(14,15)16)19(2)18-10/h3-7H,1-2H3,(H,17,20). The first kappa shape index (κ1) is 14.1. The quantitative estimate of drug-likeness (QED) is 0.920. The number of amides is 1. The van der Waals surface area contributed by atoms with Crippen molar-refractivity contribution in [1.29, 1.82) is 0 Å². The Kier molecular flexibility index (Phi) is 3.52. The molecular formula is C13H12F3N3O. The monoisotopic (exact) mass is 283 g/mol. The van der Waals surface area contributed by atoms with Crippen LogP contribution in [0.5, 0.6) is 0 Å². The predicted octanol–water partition coefficient (Wildman–Crippen LogP) is 2.47. The van der Waals surface area contributed by atoms with Gasteiger partial charge in [-0.2, -0.15) is 18.3 Å². The number of nitrogens with zero attached hydrogens (tertiary/aromatic N) is 2. The Morgan fingerprint density at radius 1 is 1.30 bits per heavy atom. The summed E-state index contributed by atoms with van der Waals surface area (Å²) < 4.78 is 38.9. The molecule has 0 spiro atoms. The van der Waals surface area contributed by atoms with Crippen molar-refractivity contribution in [3.63, 3.8) is 0 Å². The van der Waals surface area contributed by atoms with Gasteiger partial charge in [0.1, 0.15) is 5.69 Å². The maximum atomic E-state index is 12.7. The molecule has 106 valence electrons. The summed E-state index contributed by atoms with van der Waals surface area (Å²) in [6.07, 6.45) is -4.46. The highest BCUT2D eigenvalue weighted by Gasteiger charge is 2.35. The number of aryl methyl sites for hydroxylation is 1. The van der Waals surface area contributed by atoms with Crippen LogP contribution in [-0.4, -0.2) is 22.7 Å². The smallest absolute Gasteiger partial charge is 0.355 e. The predicted molar refractivity (Wildman–Crippen MR) is 67.0 cm³/mol. The van der Waals surface area contributed by atoms with Crippen LogP contribution in [0.4, 0.5) is 13.2 Å². The zero-order chi connectivity index (χ0) is 14.9. The molecule has 1 aromatic heterocycles. The van der Waals surface area contributed by atoms with E-state index >= 15 is 0 Å². The molecule has 0 saturated heterocycles. The lowest BCUT2D eigenvalue weighted by Gasteiger charge is -2.04. The summed E-state index contributed by atoms with van der Waals surface area (Å²) in [5, 5.41) is 6.29. The minimum Gasteiger partial charge on any atom is -0.355 e. The lowest BCUT2D eigenvalue weighted by Crippen LogP contribution is -2.17. The zero-order valence-corrected chi connectivity index (χ0v) is 10.8. The van der Waals surface area contributed by atoms with Gasteiger partial charge in [-0.05, 0) is 18.2 Å². The normalized spacial score (nSPS) is 11.4. The van der Waals surface area contributed by atoms with E-state index in [9.17, 15) is 18.0 Å². The summed E-state index contributed by atoms with van der Waals surface area (Å²) in [6.45, 7) is 0. The number of alkyl halides is 3. The molecule has 0 aliphatic carbocycles. The highest BCUT2D eigenvalue weighted by Crippen LogP contribution is 2.31. The average molecular weight is 283 g/mol. The van der Waals surface area contributed by atoms with Gasteiger partial charge in [-0.15, -0.1) is 0 Å². The largest absolute Gasteiger partial charge is 0.433 e.